The Balaban J connectivity index is 2.22. The molecule has 1 atom stereocenters. The zero-order valence-corrected chi connectivity index (χ0v) is 14.5. The number of halogens is 3. The van der Waals surface area contributed by atoms with Crippen LogP contribution in [0.1, 0.15) is 24.4 Å². The van der Waals surface area contributed by atoms with Crippen LogP contribution >= 0.6 is 38.9 Å². The van der Waals surface area contributed by atoms with Crippen LogP contribution in [0.3, 0.4) is 0 Å². The number of aryl methyl sites for hydroxylation is 1. The first kappa shape index (κ1) is 15.0. The summed E-state index contributed by atoms with van der Waals surface area (Å²) in [5.74, 6) is 1.10. The van der Waals surface area contributed by atoms with Gasteiger partial charge in [0.15, 0.2) is 0 Å². The van der Waals surface area contributed by atoms with E-state index in [1.54, 1.807) is 17.4 Å². The van der Waals surface area contributed by atoms with E-state index in [0.717, 1.165) is 16.9 Å². The summed E-state index contributed by atoms with van der Waals surface area (Å²) < 4.78 is 16.4. The van der Waals surface area contributed by atoms with Gasteiger partial charge in [-0.05, 0) is 51.3 Å². The molecular formula is C15H13BrClFN2S. The monoisotopic (exact) mass is 386 g/mol. The molecule has 1 unspecified atom stereocenters. The van der Waals surface area contributed by atoms with E-state index >= 15 is 0 Å². The number of rotatable bonds is 4. The van der Waals surface area contributed by atoms with Crippen LogP contribution in [0.15, 0.2) is 33.4 Å². The Hall–Kier alpha value is -0.910. The Morgan fingerprint density at radius 1 is 1.48 bits per heavy atom. The van der Waals surface area contributed by atoms with Gasteiger partial charge in [0, 0.05) is 18.4 Å². The number of fused-ring (bicyclic) bond motifs is 1. The van der Waals surface area contributed by atoms with Gasteiger partial charge >= 0.3 is 0 Å². The van der Waals surface area contributed by atoms with Crippen LogP contribution in [0.2, 0.25) is 0 Å². The number of hydrogen-bond acceptors (Lipinski definition) is 2. The van der Waals surface area contributed by atoms with Crippen LogP contribution in [0.25, 0.3) is 11.0 Å². The molecule has 3 aromatic rings. The predicted octanol–water partition coefficient (Wildman–Crippen LogP) is 5.39. The molecule has 1 aromatic carbocycles. The summed E-state index contributed by atoms with van der Waals surface area (Å²) in [4.78, 5) is 4.62. The standard InChI is InChI=1S/C15H13BrClFN2S/c1-9(10-3-5-21-8-10)20-14-7-12(18)11(16)6-13(14)19-15(20)2-4-17/h3,5-9H,2,4H2,1H3. The Morgan fingerprint density at radius 2 is 2.29 bits per heavy atom. The van der Waals surface area contributed by atoms with E-state index in [2.05, 4.69) is 43.9 Å². The maximum Gasteiger partial charge on any atom is 0.139 e. The van der Waals surface area contributed by atoms with Gasteiger partial charge in [0.25, 0.3) is 0 Å². The fourth-order valence-corrected chi connectivity index (χ4v) is 3.74. The summed E-state index contributed by atoms with van der Waals surface area (Å²) in [7, 11) is 0. The third-order valence-electron chi connectivity index (χ3n) is 3.54. The van der Waals surface area contributed by atoms with Gasteiger partial charge in [0.05, 0.1) is 21.5 Å². The summed E-state index contributed by atoms with van der Waals surface area (Å²) in [5, 5.41) is 4.15. The third-order valence-corrected chi connectivity index (χ3v) is 5.03. The molecule has 0 aliphatic heterocycles. The van der Waals surface area contributed by atoms with Crippen LogP contribution in [0.5, 0.6) is 0 Å². The van der Waals surface area contributed by atoms with Crippen LogP contribution in [0, 0.1) is 5.82 Å². The third kappa shape index (κ3) is 2.74. The zero-order chi connectivity index (χ0) is 15.0. The number of thiophene rings is 1. The highest BCUT2D eigenvalue weighted by Crippen LogP contribution is 2.30. The minimum atomic E-state index is -0.279. The number of benzene rings is 1. The van der Waals surface area contributed by atoms with E-state index in [1.807, 2.05) is 5.38 Å². The van der Waals surface area contributed by atoms with E-state index in [0.29, 0.717) is 16.8 Å². The molecule has 3 rings (SSSR count). The molecule has 2 aromatic heterocycles. The highest BCUT2D eigenvalue weighted by Gasteiger charge is 2.18. The Bertz CT molecular complexity index is 770. The second kappa shape index (κ2) is 6.07. The van der Waals surface area contributed by atoms with Gasteiger partial charge < -0.3 is 4.57 Å². The Labute approximate surface area is 139 Å². The van der Waals surface area contributed by atoms with Gasteiger partial charge in [-0.2, -0.15) is 11.3 Å². The lowest BCUT2D eigenvalue weighted by Crippen LogP contribution is -2.10. The predicted molar refractivity (Wildman–Crippen MR) is 89.9 cm³/mol. The van der Waals surface area contributed by atoms with Crippen LogP contribution < -0.4 is 0 Å². The molecule has 2 nitrogen and oxygen atoms in total. The van der Waals surface area contributed by atoms with Crippen molar-refractivity contribution in [3.63, 3.8) is 0 Å². The fraction of sp³-hybridized carbons (Fsp3) is 0.267. The minimum Gasteiger partial charge on any atom is -0.320 e. The maximum absolute atomic E-state index is 13.9. The normalized spacial score (nSPS) is 13.0. The van der Waals surface area contributed by atoms with Crippen molar-refractivity contribution in [2.75, 3.05) is 5.88 Å². The maximum atomic E-state index is 13.9. The molecule has 110 valence electrons. The lowest BCUT2D eigenvalue weighted by Gasteiger charge is -2.16. The molecule has 0 bridgehead atoms. The van der Waals surface area contributed by atoms with Gasteiger partial charge in [-0.3, -0.25) is 0 Å². The molecule has 0 spiro atoms. The topological polar surface area (TPSA) is 17.8 Å². The lowest BCUT2D eigenvalue weighted by atomic mass is 10.1. The quantitative estimate of drug-likeness (QED) is 0.549. The van der Waals surface area contributed by atoms with Crippen molar-refractivity contribution in [3.05, 3.63) is 50.6 Å². The van der Waals surface area contributed by atoms with E-state index in [4.69, 9.17) is 11.6 Å². The van der Waals surface area contributed by atoms with E-state index < -0.39 is 0 Å². The largest absolute Gasteiger partial charge is 0.320 e. The van der Waals surface area contributed by atoms with Gasteiger partial charge in [0.1, 0.15) is 11.6 Å². The van der Waals surface area contributed by atoms with E-state index in [1.165, 1.54) is 11.6 Å². The summed E-state index contributed by atoms with van der Waals surface area (Å²) in [6.07, 6.45) is 0.657. The van der Waals surface area contributed by atoms with Crippen molar-refractivity contribution >= 4 is 49.9 Å². The molecule has 0 amide bonds. The second-order valence-corrected chi connectivity index (χ2v) is 6.84. The molecule has 0 aliphatic rings. The first-order chi connectivity index (χ1) is 10.1. The number of hydrogen-bond donors (Lipinski definition) is 0. The molecular weight excluding hydrogens is 375 g/mol. The van der Waals surface area contributed by atoms with Gasteiger partial charge in [-0.15, -0.1) is 11.6 Å². The number of alkyl halides is 1. The molecule has 21 heavy (non-hydrogen) atoms. The fourth-order valence-electron chi connectivity index (χ4n) is 2.50. The molecule has 0 N–H and O–H groups in total. The van der Waals surface area contributed by atoms with Crippen molar-refractivity contribution in [3.8, 4) is 0 Å². The first-order valence-corrected chi connectivity index (χ1v) is 8.82. The molecule has 6 heteroatoms. The Morgan fingerprint density at radius 3 is 2.95 bits per heavy atom. The average molecular weight is 388 g/mol. The minimum absolute atomic E-state index is 0.0973. The summed E-state index contributed by atoms with van der Waals surface area (Å²) in [6.45, 7) is 2.10. The lowest BCUT2D eigenvalue weighted by molar-refractivity contribution is 0.611. The first-order valence-electron chi connectivity index (χ1n) is 6.55. The van der Waals surface area contributed by atoms with Crippen LogP contribution in [0.4, 0.5) is 4.39 Å². The zero-order valence-electron chi connectivity index (χ0n) is 11.3. The van der Waals surface area contributed by atoms with Crippen molar-refractivity contribution in [1.29, 1.82) is 0 Å². The summed E-state index contributed by atoms with van der Waals surface area (Å²) >= 11 is 10.8. The van der Waals surface area contributed by atoms with E-state index in [9.17, 15) is 4.39 Å². The molecule has 0 fully saturated rings. The smallest absolute Gasteiger partial charge is 0.139 e. The highest BCUT2D eigenvalue weighted by molar-refractivity contribution is 9.10. The number of aromatic nitrogens is 2. The van der Waals surface area contributed by atoms with Crippen molar-refractivity contribution < 1.29 is 4.39 Å². The molecule has 0 radical (unpaired) electrons. The van der Waals surface area contributed by atoms with Gasteiger partial charge in [-0.1, -0.05) is 0 Å². The SMILES string of the molecule is CC(c1ccsc1)n1c(CCCl)nc2cc(Br)c(F)cc21. The second-order valence-electron chi connectivity index (χ2n) is 4.82. The van der Waals surface area contributed by atoms with E-state index in [-0.39, 0.29) is 11.9 Å². The van der Waals surface area contributed by atoms with Crippen LogP contribution in [-0.4, -0.2) is 15.4 Å². The number of nitrogens with zero attached hydrogens (tertiary/aromatic N) is 2. The van der Waals surface area contributed by atoms with Crippen molar-refractivity contribution in [2.24, 2.45) is 0 Å². The highest BCUT2D eigenvalue weighted by atomic mass is 79.9. The van der Waals surface area contributed by atoms with Crippen molar-refractivity contribution in [1.82, 2.24) is 9.55 Å². The molecule has 0 saturated carbocycles. The molecule has 2 heterocycles. The molecule has 0 saturated heterocycles. The summed E-state index contributed by atoms with van der Waals surface area (Å²) in [6, 6.07) is 5.44. The Kier molecular flexibility index (Phi) is 4.33. The van der Waals surface area contributed by atoms with Crippen molar-refractivity contribution in [2.45, 2.75) is 19.4 Å². The molecule has 0 aliphatic carbocycles. The number of imidazole rings is 1. The average Bonchev–Trinajstić information content (AvgIpc) is 3.07. The van der Waals surface area contributed by atoms with Gasteiger partial charge in [-0.25, -0.2) is 9.37 Å². The van der Waals surface area contributed by atoms with Crippen LogP contribution in [-0.2, 0) is 6.42 Å². The summed E-state index contributed by atoms with van der Waals surface area (Å²) in [5.41, 5.74) is 2.78. The van der Waals surface area contributed by atoms with Gasteiger partial charge in [0.2, 0.25) is 0 Å².